The number of hydrogen-bond acceptors (Lipinski definition) is 7. The van der Waals surface area contributed by atoms with Crippen LogP contribution in [0.4, 0.5) is 18.0 Å². The molecule has 1 atom stereocenters. The van der Waals surface area contributed by atoms with Crippen molar-refractivity contribution in [3.63, 3.8) is 0 Å². The van der Waals surface area contributed by atoms with E-state index in [1.165, 1.54) is 26.4 Å². The van der Waals surface area contributed by atoms with E-state index >= 15 is 0 Å². The van der Waals surface area contributed by atoms with Gasteiger partial charge in [-0.15, -0.1) is 13.2 Å². The van der Waals surface area contributed by atoms with Gasteiger partial charge in [0.15, 0.2) is 0 Å². The number of ether oxygens (including phenoxy) is 5. The van der Waals surface area contributed by atoms with E-state index in [1.807, 2.05) is 0 Å². The van der Waals surface area contributed by atoms with E-state index in [1.54, 1.807) is 43.3 Å². The summed E-state index contributed by atoms with van der Waals surface area (Å²) in [6, 6.07) is 15.3. The lowest BCUT2D eigenvalue weighted by Crippen LogP contribution is -2.16. The molecule has 0 aliphatic carbocycles. The smallest absolute Gasteiger partial charge is 0.495 e. The quantitative estimate of drug-likeness (QED) is 0.200. The fraction of sp³-hybridized carbons (Fsp3) is 0.214. The summed E-state index contributed by atoms with van der Waals surface area (Å²) in [4.78, 5) is 15.9. The molecule has 40 heavy (non-hydrogen) atoms. The molecule has 0 fully saturated rings. The van der Waals surface area contributed by atoms with E-state index in [0.29, 0.717) is 55.6 Å². The number of aryl methyl sites for hydroxylation is 1. The highest BCUT2D eigenvalue weighted by Crippen LogP contribution is 2.41. The molecule has 1 aromatic heterocycles. The number of carbonyl (C=O) groups is 1. The Hall–Kier alpha value is -4.22. The molecule has 1 N–H and O–H groups in total. The van der Waals surface area contributed by atoms with Crippen molar-refractivity contribution in [3.8, 4) is 34.1 Å². The molecular weight excluding hydrogens is 555 g/mol. The number of aromatic nitrogens is 1. The third kappa shape index (κ3) is 6.67. The lowest BCUT2D eigenvalue weighted by Gasteiger charge is -2.23. The van der Waals surface area contributed by atoms with Crippen LogP contribution in [0.15, 0.2) is 60.7 Å². The van der Waals surface area contributed by atoms with Gasteiger partial charge in [-0.1, -0.05) is 23.7 Å². The second kappa shape index (κ2) is 11.9. The third-order valence-corrected chi connectivity index (χ3v) is 6.18. The van der Waals surface area contributed by atoms with Crippen LogP contribution >= 0.6 is 11.6 Å². The lowest BCUT2D eigenvalue weighted by molar-refractivity contribution is -0.274. The first-order chi connectivity index (χ1) is 19.0. The van der Waals surface area contributed by atoms with Gasteiger partial charge < -0.3 is 28.8 Å². The Balaban J connectivity index is 1.73. The summed E-state index contributed by atoms with van der Waals surface area (Å²) < 4.78 is 62.7. The summed E-state index contributed by atoms with van der Waals surface area (Å²) in [5.74, 6) is 0.793. The molecule has 0 saturated carbocycles. The van der Waals surface area contributed by atoms with Crippen LogP contribution in [-0.2, 0) is 9.47 Å². The normalized spacial score (nSPS) is 12.2. The first kappa shape index (κ1) is 28.8. The predicted molar refractivity (Wildman–Crippen MR) is 140 cm³/mol. The zero-order chi connectivity index (χ0) is 29.0. The van der Waals surface area contributed by atoms with Gasteiger partial charge in [-0.3, -0.25) is 4.98 Å². The van der Waals surface area contributed by atoms with Crippen LogP contribution in [0.1, 0.15) is 17.4 Å². The lowest BCUT2D eigenvalue weighted by atomic mass is 9.91. The maximum Gasteiger partial charge on any atom is 0.573 e. The van der Waals surface area contributed by atoms with Crippen molar-refractivity contribution in [1.82, 2.24) is 4.98 Å². The number of rotatable bonds is 9. The first-order valence-corrected chi connectivity index (χ1v) is 12.1. The third-order valence-electron chi connectivity index (χ3n) is 5.88. The molecule has 0 bridgehead atoms. The standard InChI is InChI=1S/C28H23ClF3NO7/c1-15-25(16-4-6-17(7-5-16)39-18-8-10-19(11-9-18)40-28(30,31)32)26(24(37-3)14-38-27(34)35)20-12-21(29)23(36-2)13-22(20)33-15/h4-13,24H,14H2,1-3H3,(H,34,35). The molecule has 3 aromatic carbocycles. The molecule has 1 unspecified atom stereocenters. The SMILES string of the molecule is COc1cc2nc(C)c(-c3ccc(Oc4ccc(OC(F)(F)F)cc4)cc3)c(C(COC(=O)O)OC)c2cc1Cl. The molecule has 12 heteroatoms. The van der Waals surface area contributed by atoms with Gasteiger partial charge in [0.1, 0.15) is 35.7 Å². The molecule has 1 heterocycles. The van der Waals surface area contributed by atoms with E-state index in [2.05, 4.69) is 4.74 Å². The summed E-state index contributed by atoms with van der Waals surface area (Å²) in [6.07, 6.45) is -7.03. The zero-order valence-corrected chi connectivity index (χ0v) is 22.2. The van der Waals surface area contributed by atoms with Gasteiger partial charge in [0.2, 0.25) is 0 Å². The number of carboxylic acid groups (broad SMARTS) is 1. The predicted octanol–water partition coefficient (Wildman–Crippen LogP) is 7.95. The summed E-state index contributed by atoms with van der Waals surface area (Å²) >= 11 is 6.43. The average molecular weight is 578 g/mol. The van der Waals surface area contributed by atoms with Gasteiger partial charge in [0.05, 0.1) is 17.6 Å². The Morgan fingerprint density at radius 2 is 1.60 bits per heavy atom. The Morgan fingerprint density at radius 3 is 2.15 bits per heavy atom. The monoisotopic (exact) mass is 577 g/mol. The van der Waals surface area contributed by atoms with Crippen molar-refractivity contribution in [3.05, 3.63) is 76.9 Å². The number of fused-ring (bicyclic) bond motifs is 1. The highest BCUT2D eigenvalue weighted by atomic mass is 35.5. The van der Waals surface area contributed by atoms with Gasteiger partial charge in [-0.05, 0) is 55.0 Å². The molecule has 0 saturated heterocycles. The number of hydrogen-bond donors (Lipinski definition) is 1. The number of halogens is 4. The molecule has 0 aliphatic rings. The average Bonchev–Trinajstić information content (AvgIpc) is 2.89. The Bertz CT molecular complexity index is 1510. The van der Waals surface area contributed by atoms with Gasteiger partial charge >= 0.3 is 12.5 Å². The number of alkyl halides is 3. The minimum atomic E-state index is -4.79. The highest BCUT2D eigenvalue weighted by molar-refractivity contribution is 6.33. The van der Waals surface area contributed by atoms with Crippen molar-refractivity contribution in [2.45, 2.75) is 19.4 Å². The van der Waals surface area contributed by atoms with Crippen molar-refractivity contribution in [2.75, 3.05) is 20.8 Å². The topological polar surface area (TPSA) is 96.3 Å². The molecule has 0 radical (unpaired) electrons. The van der Waals surface area contributed by atoms with Crippen molar-refractivity contribution in [2.24, 2.45) is 0 Å². The molecule has 0 spiro atoms. The van der Waals surface area contributed by atoms with Gasteiger partial charge in [0.25, 0.3) is 0 Å². The Morgan fingerprint density at radius 1 is 1.00 bits per heavy atom. The van der Waals surface area contributed by atoms with Gasteiger partial charge in [-0.25, -0.2) is 4.79 Å². The molecule has 0 amide bonds. The number of pyridine rings is 1. The number of methoxy groups -OCH3 is 2. The van der Waals surface area contributed by atoms with E-state index in [0.717, 1.165) is 12.1 Å². The van der Waals surface area contributed by atoms with Crippen LogP contribution in [0.3, 0.4) is 0 Å². The van der Waals surface area contributed by atoms with Gasteiger partial charge in [-0.2, -0.15) is 0 Å². The van der Waals surface area contributed by atoms with Crippen molar-refractivity contribution < 1.29 is 46.8 Å². The van der Waals surface area contributed by atoms with Crippen LogP contribution in [0.2, 0.25) is 5.02 Å². The van der Waals surface area contributed by atoms with Gasteiger partial charge in [0, 0.05) is 35.4 Å². The molecule has 8 nitrogen and oxygen atoms in total. The number of benzene rings is 3. The van der Waals surface area contributed by atoms with E-state index < -0.39 is 18.6 Å². The molecule has 210 valence electrons. The molecule has 0 aliphatic heterocycles. The molecule has 4 aromatic rings. The maximum absolute atomic E-state index is 12.4. The zero-order valence-electron chi connectivity index (χ0n) is 21.4. The van der Waals surface area contributed by atoms with Crippen LogP contribution < -0.4 is 14.2 Å². The Labute approximate surface area is 231 Å². The van der Waals surface area contributed by atoms with E-state index in [9.17, 15) is 18.0 Å². The minimum Gasteiger partial charge on any atom is -0.495 e. The second-order valence-electron chi connectivity index (χ2n) is 8.44. The Kier molecular flexibility index (Phi) is 8.55. The fourth-order valence-corrected chi connectivity index (χ4v) is 4.46. The van der Waals surface area contributed by atoms with Crippen LogP contribution in [0.25, 0.3) is 22.0 Å². The summed E-state index contributed by atoms with van der Waals surface area (Å²) in [6.45, 7) is 1.52. The van der Waals surface area contributed by atoms with Crippen molar-refractivity contribution in [1.29, 1.82) is 0 Å². The fourth-order valence-electron chi connectivity index (χ4n) is 4.22. The summed E-state index contributed by atoms with van der Waals surface area (Å²) in [5, 5.41) is 10.0. The molecule has 4 rings (SSSR count). The van der Waals surface area contributed by atoms with Crippen molar-refractivity contribution >= 4 is 28.7 Å². The van der Waals surface area contributed by atoms with E-state index in [4.69, 9.17) is 40.6 Å². The van der Waals surface area contributed by atoms with E-state index in [-0.39, 0.29) is 12.4 Å². The van der Waals surface area contributed by atoms with Crippen LogP contribution in [0.5, 0.6) is 23.0 Å². The minimum absolute atomic E-state index is 0.281. The highest BCUT2D eigenvalue weighted by Gasteiger charge is 2.31. The first-order valence-electron chi connectivity index (χ1n) is 11.7. The van der Waals surface area contributed by atoms with Crippen LogP contribution in [-0.4, -0.2) is 43.4 Å². The maximum atomic E-state index is 12.4. The largest absolute Gasteiger partial charge is 0.573 e. The summed E-state index contributed by atoms with van der Waals surface area (Å²) in [7, 11) is 2.93. The molecular formula is C28H23ClF3NO7. The summed E-state index contributed by atoms with van der Waals surface area (Å²) in [5.41, 5.74) is 3.19. The second-order valence-corrected chi connectivity index (χ2v) is 8.84. The number of nitrogens with zero attached hydrogens (tertiary/aromatic N) is 1. The van der Waals surface area contributed by atoms with Crippen LogP contribution in [0, 0.1) is 6.92 Å².